The molecule has 0 aromatic heterocycles. The van der Waals surface area contributed by atoms with Gasteiger partial charge < -0.3 is 23.8 Å². The number of rotatable bonds is 13. The number of nitrogens with zero attached hydrogens (tertiary/aromatic N) is 3. The van der Waals surface area contributed by atoms with E-state index in [1.807, 2.05) is 36.4 Å². The molecule has 2 N–H and O–H groups in total. The van der Waals surface area contributed by atoms with Crippen molar-refractivity contribution >= 4 is 14.6 Å². The predicted octanol–water partition coefficient (Wildman–Crippen LogP) is 4.07. The van der Waals surface area contributed by atoms with Gasteiger partial charge in [-0.15, -0.1) is 0 Å². The maximum Gasteiger partial charge on any atom is 0.325 e. The fourth-order valence-corrected chi connectivity index (χ4v) is 5.76. The number of ether oxygens (including phenoxy) is 2. The molecular formula is C26H40N5O5P. The Labute approximate surface area is 223 Å². The summed E-state index contributed by atoms with van der Waals surface area (Å²) >= 11 is 0. The molecule has 37 heavy (non-hydrogen) atoms. The Morgan fingerprint density at radius 2 is 2.08 bits per heavy atom. The summed E-state index contributed by atoms with van der Waals surface area (Å²) < 4.78 is 34.7. The van der Waals surface area contributed by atoms with Crippen LogP contribution >= 0.6 is 8.53 Å². The highest BCUT2D eigenvalue weighted by Gasteiger charge is 2.40. The number of benzene rings is 1. The molecule has 0 spiro atoms. The summed E-state index contributed by atoms with van der Waals surface area (Å²) in [6, 6.07) is 12.0. The number of carbonyl (C=O) groups excluding carboxylic acids is 1. The highest BCUT2D eigenvalue weighted by molar-refractivity contribution is 7.44. The van der Waals surface area contributed by atoms with Gasteiger partial charge in [0.2, 0.25) is 0 Å². The molecule has 1 fully saturated rings. The lowest BCUT2D eigenvalue weighted by Gasteiger charge is -2.44. The van der Waals surface area contributed by atoms with Gasteiger partial charge in [0, 0.05) is 26.2 Å². The number of nitrogens with one attached hydrogen (secondary N) is 2. The molecule has 2 aliphatic rings. The van der Waals surface area contributed by atoms with E-state index in [4.69, 9.17) is 25.2 Å². The molecule has 2 unspecified atom stereocenters. The quantitative estimate of drug-likeness (QED) is 0.288. The molecule has 1 aromatic carbocycles. The van der Waals surface area contributed by atoms with E-state index in [9.17, 15) is 4.79 Å². The summed E-state index contributed by atoms with van der Waals surface area (Å²) in [4.78, 5) is 14.4. The number of amides is 2. The molecule has 1 saturated heterocycles. The van der Waals surface area contributed by atoms with E-state index in [0.717, 1.165) is 5.56 Å². The summed E-state index contributed by atoms with van der Waals surface area (Å²) in [6.45, 7) is 9.40. The Kier molecular flexibility index (Phi) is 10.7. The van der Waals surface area contributed by atoms with Crippen LogP contribution in [0.15, 0.2) is 42.6 Å². The van der Waals surface area contributed by atoms with Crippen LogP contribution in [0, 0.1) is 11.3 Å². The lowest BCUT2D eigenvalue weighted by molar-refractivity contribution is -0.228. The summed E-state index contributed by atoms with van der Waals surface area (Å²) in [6.07, 6.45) is 2.77. The average molecular weight is 535 g/mol. The third-order valence-corrected chi connectivity index (χ3v) is 7.80. The van der Waals surface area contributed by atoms with Gasteiger partial charge in [-0.1, -0.05) is 30.3 Å². The molecule has 1 aromatic rings. The van der Waals surface area contributed by atoms with Gasteiger partial charge in [0.05, 0.1) is 38.9 Å². The number of nitriles is 1. The number of carbonyl (C=O) groups is 1. The van der Waals surface area contributed by atoms with E-state index in [2.05, 4.69) is 49.1 Å². The second-order valence-corrected chi connectivity index (χ2v) is 11.1. The Bertz CT molecular complexity index is 942. The molecule has 2 heterocycles. The molecular weight excluding hydrogens is 493 g/mol. The topological polar surface area (TPSA) is 108 Å². The van der Waals surface area contributed by atoms with Crippen LogP contribution in [0.2, 0.25) is 0 Å². The monoisotopic (exact) mass is 534 g/mol. The molecule has 11 heteroatoms. The number of hydrogen-bond acceptors (Lipinski definition) is 8. The van der Waals surface area contributed by atoms with Crippen molar-refractivity contribution < 1.29 is 24.7 Å². The lowest BCUT2D eigenvalue weighted by atomic mass is 10.1. The van der Waals surface area contributed by atoms with Gasteiger partial charge in [-0.05, 0) is 46.2 Å². The Hall–Kier alpha value is -2.09. The molecule has 3 rings (SSSR count). The molecule has 2 aliphatic heterocycles. The van der Waals surface area contributed by atoms with Crippen LogP contribution in [0.25, 0.3) is 0 Å². The minimum Gasteiger partial charge on any atom is -0.374 e. The van der Waals surface area contributed by atoms with Gasteiger partial charge in [0.15, 0.2) is 6.23 Å². The fourth-order valence-electron chi connectivity index (χ4n) is 4.07. The van der Waals surface area contributed by atoms with E-state index in [1.165, 1.54) is 4.90 Å². The second-order valence-electron chi connectivity index (χ2n) is 9.63. The summed E-state index contributed by atoms with van der Waals surface area (Å²) in [5.74, 6) is 0. The van der Waals surface area contributed by atoms with Crippen molar-refractivity contribution in [3.8, 4) is 6.07 Å². The van der Waals surface area contributed by atoms with Crippen molar-refractivity contribution in [3.05, 3.63) is 48.2 Å². The molecule has 4 atom stereocenters. The maximum atomic E-state index is 12.9. The van der Waals surface area contributed by atoms with Crippen LogP contribution in [0.5, 0.6) is 0 Å². The maximum absolute atomic E-state index is 12.9. The van der Waals surface area contributed by atoms with Crippen molar-refractivity contribution in [1.82, 2.24) is 20.2 Å². The lowest BCUT2D eigenvalue weighted by Crippen LogP contribution is -2.59. The molecule has 10 nitrogen and oxygen atoms in total. The highest BCUT2D eigenvalue weighted by Crippen LogP contribution is 2.47. The summed E-state index contributed by atoms with van der Waals surface area (Å²) in [7, 11) is -1.50. The fraction of sp³-hybridized carbons (Fsp3) is 0.615. The van der Waals surface area contributed by atoms with Crippen molar-refractivity contribution in [1.29, 1.82) is 5.26 Å². The van der Waals surface area contributed by atoms with Gasteiger partial charge in [-0.25, -0.2) is 9.46 Å². The zero-order valence-electron chi connectivity index (χ0n) is 23.1. The Morgan fingerprint density at radius 3 is 2.73 bits per heavy atom. The van der Waals surface area contributed by atoms with Crippen LogP contribution in [-0.2, 0) is 25.1 Å². The van der Waals surface area contributed by atoms with Gasteiger partial charge in [0.25, 0.3) is 8.53 Å². The van der Waals surface area contributed by atoms with Crippen LogP contribution in [0.3, 0.4) is 0 Å². The van der Waals surface area contributed by atoms with Crippen molar-refractivity contribution in [2.75, 3.05) is 26.4 Å². The average Bonchev–Trinajstić information content (AvgIpc) is 2.91. The SMILES string of the molecule is [2H]C[C@@]1(COP(OCCC#N)N(C(C)C)C(C)C)COC[C@H](N2C=CC(NCc3ccccc3)NC2=O)O1. The second kappa shape index (κ2) is 14.2. The minimum atomic E-state index is -1.50. The summed E-state index contributed by atoms with van der Waals surface area (Å²) in [5.41, 5.74) is 0.0463. The standard InChI is InChI=1S/C26H40N5O5P/c1-20(2)31(21(3)4)37(34-15-9-13-27)35-19-26(5)18-33-17-24(36-26)30-14-12-23(29-25(30)32)28-16-22-10-7-6-8-11-22/h6-8,10-12,14,20-21,23-24,28H,9,15-19H2,1-5H3,(H,29,32)/t23?,24-,26+,37?/m1/s1/i5D. The molecule has 2 amide bonds. The summed E-state index contributed by atoms with van der Waals surface area (Å²) in [5, 5.41) is 15.2. The van der Waals surface area contributed by atoms with Crippen LogP contribution in [-0.4, -0.2) is 72.1 Å². The molecule has 204 valence electrons. The molecule has 0 radical (unpaired) electrons. The zero-order valence-corrected chi connectivity index (χ0v) is 23.0. The molecule has 0 bridgehead atoms. The van der Waals surface area contributed by atoms with Gasteiger partial charge in [-0.2, -0.15) is 5.26 Å². The predicted molar refractivity (Wildman–Crippen MR) is 142 cm³/mol. The third-order valence-electron chi connectivity index (χ3n) is 5.74. The Balaban J connectivity index is 1.63. The number of urea groups is 1. The van der Waals surface area contributed by atoms with Crippen LogP contribution in [0.1, 0.15) is 47.9 Å². The molecule has 0 aliphatic carbocycles. The van der Waals surface area contributed by atoms with E-state index >= 15 is 0 Å². The first-order chi connectivity index (χ1) is 18.3. The molecule has 0 saturated carbocycles. The smallest absolute Gasteiger partial charge is 0.325 e. The first-order valence-electron chi connectivity index (χ1n) is 13.3. The van der Waals surface area contributed by atoms with E-state index in [-0.39, 0.29) is 64.0 Å². The van der Waals surface area contributed by atoms with Crippen LogP contribution in [0.4, 0.5) is 4.79 Å². The van der Waals surface area contributed by atoms with E-state index in [1.54, 1.807) is 6.20 Å². The van der Waals surface area contributed by atoms with Gasteiger partial charge in [-0.3, -0.25) is 10.2 Å². The zero-order chi connectivity index (χ0) is 27.5. The van der Waals surface area contributed by atoms with Gasteiger partial charge >= 0.3 is 6.03 Å². The number of hydrogen-bond donors (Lipinski definition) is 2. The van der Waals surface area contributed by atoms with Crippen molar-refractivity contribution in [3.63, 3.8) is 0 Å². The van der Waals surface area contributed by atoms with Crippen molar-refractivity contribution in [2.45, 2.75) is 77.6 Å². The minimum absolute atomic E-state index is 0.0572. The Morgan fingerprint density at radius 1 is 1.32 bits per heavy atom. The van der Waals surface area contributed by atoms with E-state index < -0.39 is 20.4 Å². The third kappa shape index (κ3) is 8.72. The first-order valence-corrected chi connectivity index (χ1v) is 13.7. The van der Waals surface area contributed by atoms with Crippen molar-refractivity contribution in [2.24, 2.45) is 0 Å². The van der Waals surface area contributed by atoms with Crippen LogP contribution < -0.4 is 10.6 Å². The normalized spacial score (nSPS) is 25.3. The largest absolute Gasteiger partial charge is 0.374 e. The highest BCUT2D eigenvalue weighted by atomic mass is 31.2. The van der Waals surface area contributed by atoms with E-state index in [0.29, 0.717) is 6.54 Å². The first kappa shape index (κ1) is 27.9. The van der Waals surface area contributed by atoms with Gasteiger partial charge in [0.1, 0.15) is 11.8 Å².